The van der Waals surface area contributed by atoms with Gasteiger partial charge < -0.3 is 19.7 Å². The summed E-state index contributed by atoms with van der Waals surface area (Å²) in [7, 11) is 0. The molecule has 0 aromatic heterocycles. The fourth-order valence-electron chi connectivity index (χ4n) is 5.17. The Labute approximate surface area is 279 Å². The first-order valence-electron chi connectivity index (χ1n) is 18.2. The van der Waals surface area contributed by atoms with Gasteiger partial charge in [-0.1, -0.05) is 123 Å². The second-order valence-electron chi connectivity index (χ2n) is 12.2. The van der Waals surface area contributed by atoms with Gasteiger partial charge in [0.2, 0.25) is 0 Å². The topological polar surface area (TPSA) is 127 Å². The second kappa shape index (κ2) is 30.7. The molecule has 0 saturated carbocycles. The average molecular weight is 649 g/mol. The normalized spacial score (nSPS) is 11.3. The first-order valence-corrected chi connectivity index (χ1v) is 18.2. The lowest BCUT2D eigenvalue weighted by molar-refractivity contribution is -0.150. The Balaban J connectivity index is 0.00000140. The monoisotopic (exact) mass is 648 g/mol. The molecule has 1 unspecified atom stereocenters. The van der Waals surface area contributed by atoms with E-state index in [2.05, 4.69) is 20.8 Å². The largest absolute Gasteiger partial charge is 0.478 e. The Kier molecular flexibility index (Phi) is 28.8. The molecule has 264 valence electrons. The van der Waals surface area contributed by atoms with Crippen molar-refractivity contribution in [2.75, 3.05) is 6.61 Å². The number of carboxylic acid groups (broad SMARTS) is 2. The van der Waals surface area contributed by atoms with Crippen LogP contribution in [-0.2, 0) is 19.1 Å². The van der Waals surface area contributed by atoms with Crippen LogP contribution in [0.2, 0.25) is 0 Å². The highest BCUT2D eigenvalue weighted by molar-refractivity contribution is 6.01. The summed E-state index contributed by atoms with van der Waals surface area (Å²) in [5.74, 6) is -2.68. The maximum Gasteiger partial charge on any atom is 0.336 e. The van der Waals surface area contributed by atoms with Gasteiger partial charge in [-0.05, 0) is 57.1 Å². The molecule has 0 amide bonds. The van der Waals surface area contributed by atoms with E-state index in [1.165, 1.54) is 108 Å². The van der Waals surface area contributed by atoms with Crippen molar-refractivity contribution in [3.63, 3.8) is 0 Å². The Morgan fingerprint density at radius 2 is 0.935 bits per heavy atom. The molecule has 0 spiro atoms. The zero-order valence-electron chi connectivity index (χ0n) is 29.2. The highest BCUT2D eigenvalue weighted by atomic mass is 16.5. The van der Waals surface area contributed by atoms with Gasteiger partial charge in [0.25, 0.3) is 0 Å². The van der Waals surface area contributed by atoms with Crippen LogP contribution in [0.4, 0.5) is 0 Å². The van der Waals surface area contributed by atoms with Crippen LogP contribution in [-0.4, -0.2) is 46.8 Å². The minimum atomic E-state index is -1.23. The van der Waals surface area contributed by atoms with E-state index in [1.807, 2.05) is 0 Å². The van der Waals surface area contributed by atoms with Crippen LogP contribution >= 0.6 is 0 Å². The van der Waals surface area contributed by atoms with Crippen molar-refractivity contribution in [3.05, 3.63) is 35.4 Å². The predicted octanol–water partition coefficient (Wildman–Crippen LogP) is 10.6. The van der Waals surface area contributed by atoms with E-state index >= 15 is 0 Å². The third-order valence-corrected chi connectivity index (χ3v) is 7.97. The van der Waals surface area contributed by atoms with Gasteiger partial charge in [-0.3, -0.25) is 9.59 Å². The van der Waals surface area contributed by atoms with Crippen LogP contribution in [0.25, 0.3) is 0 Å². The zero-order valence-corrected chi connectivity index (χ0v) is 29.2. The van der Waals surface area contributed by atoms with Gasteiger partial charge in [0.1, 0.15) is 6.10 Å². The van der Waals surface area contributed by atoms with Gasteiger partial charge in [0, 0.05) is 12.8 Å². The summed E-state index contributed by atoms with van der Waals surface area (Å²) in [6.45, 7) is 7.23. The molecule has 0 fully saturated rings. The molecule has 1 rings (SSSR count). The zero-order chi connectivity index (χ0) is 34.3. The number of esters is 2. The van der Waals surface area contributed by atoms with E-state index in [0.717, 1.165) is 38.5 Å². The van der Waals surface area contributed by atoms with Crippen molar-refractivity contribution in [2.24, 2.45) is 0 Å². The summed E-state index contributed by atoms with van der Waals surface area (Å²) in [5.41, 5.74) is -0.380. The molecule has 0 aliphatic heterocycles. The molecular formula is C38H64O8. The third-order valence-electron chi connectivity index (χ3n) is 7.97. The van der Waals surface area contributed by atoms with Gasteiger partial charge in [-0.15, -0.1) is 0 Å². The Bertz CT molecular complexity index is 896. The summed E-state index contributed by atoms with van der Waals surface area (Å²) in [6.07, 6.45) is 25.3. The summed E-state index contributed by atoms with van der Waals surface area (Å²) in [4.78, 5) is 45.2. The fraction of sp³-hybridized carbons (Fsp3) is 0.737. The Morgan fingerprint density at radius 1 is 0.543 bits per heavy atom. The minimum absolute atomic E-state index is 0.0718. The minimum Gasteiger partial charge on any atom is -0.478 e. The number of hydrogen-bond donors (Lipinski definition) is 2. The smallest absolute Gasteiger partial charge is 0.336 e. The SMILES string of the molecule is CCCCCCCCCCOC(=O)CCCCC(=O)OC(CCCCCC)CCCCCCC.O=C(O)c1ccccc1C(=O)O. The average Bonchev–Trinajstić information content (AvgIpc) is 3.04. The van der Waals surface area contributed by atoms with Crippen molar-refractivity contribution in [1.82, 2.24) is 0 Å². The number of hydrogen-bond acceptors (Lipinski definition) is 6. The number of rotatable bonds is 28. The highest BCUT2D eigenvalue weighted by Gasteiger charge is 2.15. The quantitative estimate of drug-likeness (QED) is 0.0678. The van der Waals surface area contributed by atoms with Gasteiger partial charge >= 0.3 is 23.9 Å². The lowest BCUT2D eigenvalue weighted by atomic mass is 10.0. The van der Waals surface area contributed by atoms with E-state index in [-0.39, 0.29) is 29.2 Å². The first kappa shape index (κ1) is 43.1. The number of unbranched alkanes of at least 4 members (excludes halogenated alkanes) is 15. The molecule has 1 atom stereocenters. The van der Waals surface area contributed by atoms with Gasteiger partial charge in [-0.25, -0.2) is 9.59 Å². The molecule has 8 nitrogen and oxygen atoms in total. The fourth-order valence-corrected chi connectivity index (χ4v) is 5.17. The van der Waals surface area contributed by atoms with Gasteiger partial charge in [0.15, 0.2) is 0 Å². The van der Waals surface area contributed by atoms with Crippen LogP contribution in [0.5, 0.6) is 0 Å². The number of carboxylic acids is 2. The highest BCUT2D eigenvalue weighted by Crippen LogP contribution is 2.17. The van der Waals surface area contributed by atoms with Crippen molar-refractivity contribution in [2.45, 2.75) is 175 Å². The van der Waals surface area contributed by atoms with E-state index < -0.39 is 11.9 Å². The summed E-state index contributed by atoms with van der Waals surface area (Å²) in [6, 6.07) is 5.48. The molecule has 8 heteroatoms. The van der Waals surface area contributed by atoms with E-state index in [4.69, 9.17) is 19.7 Å². The van der Waals surface area contributed by atoms with E-state index in [1.54, 1.807) is 0 Å². The number of ether oxygens (including phenoxy) is 2. The second-order valence-corrected chi connectivity index (χ2v) is 12.2. The standard InChI is InChI=1S/C30H58O4.C8H6O4/c1-4-7-10-13-14-15-17-22-27-33-29(31)25-20-21-26-30(32)34-28(23-18-12-9-6-3)24-19-16-11-8-5-2;9-7(10)5-3-1-2-4-6(5)8(11)12/h28H,4-27H2,1-3H3;1-4H,(H,9,10)(H,11,12). The molecule has 0 aliphatic rings. The molecule has 0 radical (unpaired) electrons. The number of aromatic carboxylic acids is 2. The third kappa shape index (κ3) is 25.3. The van der Waals surface area contributed by atoms with Crippen molar-refractivity contribution >= 4 is 23.9 Å². The number of carbonyl (C=O) groups excluding carboxylic acids is 2. The molecule has 0 heterocycles. The van der Waals surface area contributed by atoms with Gasteiger partial charge in [0.05, 0.1) is 17.7 Å². The maximum absolute atomic E-state index is 12.3. The number of carbonyl (C=O) groups is 4. The van der Waals surface area contributed by atoms with Crippen LogP contribution in [0.3, 0.4) is 0 Å². The molecule has 46 heavy (non-hydrogen) atoms. The Hall–Kier alpha value is -2.90. The first-order chi connectivity index (χ1) is 22.3. The Morgan fingerprint density at radius 3 is 1.39 bits per heavy atom. The molecule has 0 aliphatic carbocycles. The molecule has 0 bridgehead atoms. The summed E-state index contributed by atoms with van der Waals surface area (Å²) < 4.78 is 11.2. The van der Waals surface area contributed by atoms with Gasteiger partial charge in [-0.2, -0.15) is 0 Å². The molecule has 1 aromatic rings. The van der Waals surface area contributed by atoms with E-state index in [9.17, 15) is 19.2 Å². The molecule has 1 aromatic carbocycles. The van der Waals surface area contributed by atoms with Crippen molar-refractivity contribution in [1.29, 1.82) is 0 Å². The lowest BCUT2D eigenvalue weighted by Gasteiger charge is -2.18. The predicted molar refractivity (Wildman–Crippen MR) is 184 cm³/mol. The van der Waals surface area contributed by atoms with Crippen molar-refractivity contribution < 1.29 is 38.9 Å². The number of benzene rings is 1. The van der Waals surface area contributed by atoms with Crippen LogP contribution in [0, 0.1) is 0 Å². The molecule has 0 saturated heterocycles. The molecule has 2 N–H and O–H groups in total. The maximum atomic E-state index is 12.3. The van der Waals surface area contributed by atoms with Crippen LogP contribution in [0.1, 0.15) is 189 Å². The van der Waals surface area contributed by atoms with Crippen LogP contribution < -0.4 is 0 Å². The van der Waals surface area contributed by atoms with E-state index in [0.29, 0.717) is 32.3 Å². The summed E-state index contributed by atoms with van der Waals surface area (Å²) >= 11 is 0. The summed E-state index contributed by atoms with van der Waals surface area (Å²) in [5, 5.41) is 17.1. The molecular weight excluding hydrogens is 584 g/mol. The van der Waals surface area contributed by atoms with Crippen LogP contribution in [0.15, 0.2) is 24.3 Å². The van der Waals surface area contributed by atoms with Crippen molar-refractivity contribution in [3.8, 4) is 0 Å². The lowest BCUT2D eigenvalue weighted by Crippen LogP contribution is -2.18.